The van der Waals surface area contributed by atoms with Crippen molar-refractivity contribution in [2.75, 3.05) is 49.1 Å². The molecule has 2 aliphatic heterocycles. The predicted octanol–water partition coefficient (Wildman–Crippen LogP) is 6.31. The Morgan fingerprint density at radius 3 is 1.93 bits per heavy atom. The monoisotopic (exact) mass is 566 g/mol. The Morgan fingerprint density at radius 1 is 0.857 bits per heavy atom. The van der Waals surface area contributed by atoms with Crippen LogP contribution in [0.5, 0.6) is 11.5 Å². The third-order valence-electron chi connectivity index (χ3n) is 8.62. The number of carbonyl (C=O) groups is 2. The Kier molecular flexibility index (Phi) is 8.30. The number of hydrogen-bond acceptors (Lipinski definition) is 5. The number of nitrogens with zero attached hydrogens (tertiary/aromatic N) is 3. The predicted molar refractivity (Wildman–Crippen MR) is 170 cm³/mol. The first-order chi connectivity index (χ1) is 20.3. The minimum atomic E-state index is -0.863. The first-order valence-electron chi connectivity index (χ1n) is 15.1. The molecule has 7 nitrogen and oxygen atoms in total. The van der Waals surface area contributed by atoms with Crippen molar-refractivity contribution < 1.29 is 14.3 Å². The SMILES string of the molecule is C=C(C)C(=O)NCCCN1C(=O)c2ccccc2C12c1ccc(N(CC)CC)cc1Oc1cc(N(CC)CC)ccc12. The third kappa shape index (κ3) is 4.71. The largest absolute Gasteiger partial charge is 0.456 e. The summed E-state index contributed by atoms with van der Waals surface area (Å²) >= 11 is 0. The van der Waals surface area contributed by atoms with E-state index in [9.17, 15) is 9.59 Å². The Morgan fingerprint density at radius 2 is 1.40 bits per heavy atom. The van der Waals surface area contributed by atoms with Crippen LogP contribution in [0.25, 0.3) is 0 Å². The van der Waals surface area contributed by atoms with Gasteiger partial charge in [0.25, 0.3) is 5.91 Å². The van der Waals surface area contributed by atoms with Gasteiger partial charge in [0.2, 0.25) is 5.91 Å². The second-order valence-electron chi connectivity index (χ2n) is 10.9. The van der Waals surface area contributed by atoms with E-state index in [0.717, 1.165) is 65.7 Å². The highest BCUT2D eigenvalue weighted by molar-refractivity contribution is 6.02. The minimum absolute atomic E-state index is 0.0173. The normalized spacial score (nSPS) is 14.1. The van der Waals surface area contributed by atoms with Gasteiger partial charge in [0.1, 0.15) is 17.0 Å². The van der Waals surface area contributed by atoms with Crippen LogP contribution in [0.3, 0.4) is 0 Å². The lowest BCUT2D eigenvalue weighted by molar-refractivity contribution is -0.117. The number of ether oxygens (including phenoxy) is 1. The molecule has 42 heavy (non-hydrogen) atoms. The molecular formula is C35H42N4O3. The summed E-state index contributed by atoms with van der Waals surface area (Å²) in [6, 6.07) is 20.7. The van der Waals surface area contributed by atoms with Crippen LogP contribution in [-0.4, -0.2) is 56.0 Å². The summed E-state index contributed by atoms with van der Waals surface area (Å²) < 4.78 is 6.75. The second-order valence-corrected chi connectivity index (χ2v) is 10.9. The number of fused-ring (bicyclic) bond motifs is 6. The van der Waals surface area contributed by atoms with Gasteiger partial charge in [-0.2, -0.15) is 0 Å². The lowest BCUT2D eigenvalue weighted by atomic mass is 9.74. The number of amides is 2. The molecule has 1 spiro atoms. The molecule has 0 bridgehead atoms. The smallest absolute Gasteiger partial charge is 0.255 e. The molecule has 0 aromatic heterocycles. The van der Waals surface area contributed by atoms with Gasteiger partial charge in [0, 0.05) is 85.0 Å². The van der Waals surface area contributed by atoms with E-state index in [1.165, 1.54) is 0 Å². The fraction of sp³-hybridized carbons (Fsp3) is 0.371. The maximum Gasteiger partial charge on any atom is 0.255 e. The van der Waals surface area contributed by atoms with Crippen LogP contribution in [0, 0.1) is 0 Å². The minimum Gasteiger partial charge on any atom is -0.456 e. The van der Waals surface area contributed by atoms with Gasteiger partial charge < -0.3 is 24.8 Å². The van der Waals surface area contributed by atoms with E-state index in [1.54, 1.807) is 6.92 Å². The van der Waals surface area contributed by atoms with Gasteiger partial charge in [-0.3, -0.25) is 9.59 Å². The number of hydrogen-bond donors (Lipinski definition) is 1. The van der Waals surface area contributed by atoms with E-state index in [-0.39, 0.29) is 11.8 Å². The van der Waals surface area contributed by atoms with Crippen molar-refractivity contribution in [2.45, 2.75) is 46.6 Å². The summed E-state index contributed by atoms with van der Waals surface area (Å²) in [7, 11) is 0. The standard InChI is InChI=1S/C35H42N4O3/c1-7-37(8-2)25-16-18-29-31(22-25)42-32-23-26(38(9-3)10-4)17-19-30(32)35(29)28-15-12-11-14-27(28)34(41)39(35)21-13-20-36-33(40)24(5)6/h11-12,14-19,22-23H,5,7-10,13,20-21H2,1-4,6H3,(H,36,40). The van der Waals surface area contributed by atoms with Gasteiger partial charge in [-0.05, 0) is 64.8 Å². The first-order valence-corrected chi connectivity index (χ1v) is 15.1. The Labute approximate surface area is 249 Å². The highest BCUT2D eigenvalue weighted by atomic mass is 16.5. The summed E-state index contributed by atoms with van der Waals surface area (Å²) in [5.74, 6) is 1.33. The molecule has 0 radical (unpaired) electrons. The van der Waals surface area contributed by atoms with E-state index >= 15 is 0 Å². The van der Waals surface area contributed by atoms with E-state index < -0.39 is 5.54 Å². The summed E-state index contributed by atoms with van der Waals surface area (Å²) in [6.45, 7) is 18.5. The fourth-order valence-corrected chi connectivity index (χ4v) is 6.49. The highest BCUT2D eigenvalue weighted by Gasteiger charge is 2.56. The maximum atomic E-state index is 14.2. The van der Waals surface area contributed by atoms with Gasteiger partial charge in [0.15, 0.2) is 0 Å². The summed E-state index contributed by atoms with van der Waals surface area (Å²) in [5, 5.41) is 2.93. The molecule has 2 amide bonds. The van der Waals surface area contributed by atoms with E-state index in [1.807, 2.05) is 23.1 Å². The molecule has 7 heteroatoms. The first kappa shape index (κ1) is 29.2. The Bertz CT molecular complexity index is 1440. The molecule has 0 atom stereocenters. The molecule has 0 saturated carbocycles. The lowest BCUT2D eigenvalue weighted by Crippen LogP contribution is -2.48. The van der Waals surface area contributed by atoms with E-state index in [2.05, 4.69) is 91.9 Å². The van der Waals surface area contributed by atoms with Crippen LogP contribution in [0.4, 0.5) is 11.4 Å². The van der Waals surface area contributed by atoms with Crippen LogP contribution in [0.1, 0.15) is 68.1 Å². The summed E-state index contributed by atoms with van der Waals surface area (Å²) in [6.07, 6.45) is 0.598. The Hall–Kier alpha value is -4.26. The molecule has 5 rings (SSSR count). The fourth-order valence-electron chi connectivity index (χ4n) is 6.49. The van der Waals surface area contributed by atoms with Crippen LogP contribution < -0.4 is 19.9 Å². The molecule has 0 aliphatic carbocycles. The summed E-state index contributed by atoms with van der Waals surface area (Å²) in [5.41, 5.74) is 5.33. The number of carbonyl (C=O) groups excluding carboxylic acids is 2. The van der Waals surface area contributed by atoms with Crippen LogP contribution in [0.15, 0.2) is 72.8 Å². The van der Waals surface area contributed by atoms with E-state index in [0.29, 0.717) is 30.6 Å². The quantitative estimate of drug-likeness (QED) is 0.218. The zero-order chi connectivity index (χ0) is 30.0. The van der Waals surface area contributed by atoms with Crippen molar-refractivity contribution in [3.8, 4) is 11.5 Å². The second kappa shape index (κ2) is 11.9. The number of anilines is 2. The molecule has 2 aliphatic rings. The van der Waals surface area contributed by atoms with Crippen molar-refractivity contribution in [2.24, 2.45) is 0 Å². The zero-order valence-corrected chi connectivity index (χ0v) is 25.5. The average molecular weight is 567 g/mol. The van der Waals surface area contributed by atoms with Crippen molar-refractivity contribution in [1.82, 2.24) is 10.2 Å². The van der Waals surface area contributed by atoms with Crippen molar-refractivity contribution in [3.05, 3.63) is 95.1 Å². The van der Waals surface area contributed by atoms with E-state index in [4.69, 9.17) is 4.74 Å². The van der Waals surface area contributed by atoms with Gasteiger partial charge in [-0.15, -0.1) is 0 Å². The number of benzene rings is 3. The molecule has 3 aromatic carbocycles. The third-order valence-corrected chi connectivity index (χ3v) is 8.62. The molecular weight excluding hydrogens is 524 g/mol. The van der Waals surface area contributed by atoms with Crippen molar-refractivity contribution in [1.29, 1.82) is 0 Å². The van der Waals surface area contributed by atoms with Crippen LogP contribution >= 0.6 is 0 Å². The summed E-state index contributed by atoms with van der Waals surface area (Å²) in [4.78, 5) is 33.0. The molecule has 2 heterocycles. The number of rotatable bonds is 11. The topological polar surface area (TPSA) is 65.1 Å². The Balaban J connectivity index is 1.70. The van der Waals surface area contributed by atoms with Gasteiger partial charge in [-0.25, -0.2) is 0 Å². The molecule has 220 valence electrons. The average Bonchev–Trinajstić information content (AvgIpc) is 3.24. The van der Waals surface area contributed by atoms with Gasteiger partial charge in [-0.1, -0.05) is 36.9 Å². The molecule has 0 fully saturated rings. The molecule has 1 N–H and O–H groups in total. The van der Waals surface area contributed by atoms with Crippen LogP contribution in [-0.2, 0) is 10.3 Å². The maximum absolute atomic E-state index is 14.2. The highest BCUT2D eigenvalue weighted by Crippen LogP contribution is 2.58. The van der Waals surface area contributed by atoms with Crippen LogP contribution in [0.2, 0.25) is 0 Å². The van der Waals surface area contributed by atoms with Crippen molar-refractivity contribution >= 4 is 23.2 Å². The van der Waals surface area contributed by atoms with Gasteiger partial charge in [0.05, 0.1) is 0 Å². The molecule has 0 unspecified atom stereocenters. The molecule has 3 aromatic rings. The van der Waals surface area contributed by atoms with Gasteiger partial charge >= 0.3 is 0 Å². The zero-order valence-electron chi connectivity index (χ0n) is 25.5. The lowest BCUT2D eigenvalue weighted by Gasteiger charge is -2.45. The number of nitrogens with one attached hydrogen (secondary N) is 1. The van der Waals surface area contributed by atoms with Crippen molar-refractivity contribution in [3.63, 3.8) is 0 Å². The molecule has 0 saturated heterocycles.